The van der Waals surface area contributed by atoms with Crippen LogP contribution in [0.5, 0.6) is 5.75 Å². The van der Waals surface area contributed by atoms with Crippen molar-refractivity contribution < 1.29 is 34.5 Å². The number of phenols is 1. The minimum atomic E-state index is -1.31. The quantitative estimate of drug-likeness (QED) is 0.0448. The standard InChI is InChI=1S/C24H40N10O7/c25-15(12-35)19(37)32-16(3-1-9-30-23(26)27)20(38)34-18(11-13-5-7-14(36)8-6-13)21(39)33-17(22(40)41)4-2-10-31-24(28)29/h5-8,15-18,35-36H,1-4,9-12,25H2,(H,32,37)(H,33,39)(H,34,38)(H,40,41)(H4,26,27,30)(H4,28,29,31). The highest BCUT2D eigenvalue weighted by atomic mass is 16.4. The molecule has 0 bridgehead atoms. The van der Waals surface area contributed by atoms with E-state index < -0.39 is 54.5 Å². The molecule has 17 heteroatoms. The van der Waals surface area contributed by atoms with E-state index in [1.54, 1.807) is 0 Å². The minimum Gasteiger partial charge on any atom is -0.508 e. The fraction of sp³-hybridized carbons (Fsp3) is 0.500. The summed E-state index contributed by atoms with van der Waals surface area (Å²) in [6.07, 6.45) is 0.474. The first kappa shape index (κ1) is 34.4. The van der Waals surface area contributed by atoms with Gasteiger partial charge in [0.15, 0.2) is 11.9 Å². The number of nitrogens with one attached hydrogen (secondary N) is 3. The minimum absolute atomic E-state index is 0.000249. The van der Waals surface area contributed by atoms with Crippen molar-refractivity contribution in [2.24, 2.45) is 38.7 Å². The van der Waals surface area contributed by atoms with Gasteiger partial charge in [-0.3, -0.25) is 24.4 Å². The van der Waals surface area contributed by atoms with Gasteiger partial charge in [-0.2, -0.15) is 0 Å². The van der Waals surface area contributed by atoms with E-state index in [1.807, 2.05) is 0 Å². The maximum Gasteiger partial charge on any atom is 0.326 e. The van der Waals surface area contributed by atoms with Crippen LogP contribution in [0, 0.1) is 0 Å². The average molecular weight is 581 g/mol. The van der Waals surface area contributed by atoms with Crippen molar-refractivity contribution in [1.29, 1.82) is 0 Å². The third-order valence-electron chi connectivity index (χ3n) is 5.68. The van der Waals surface area contributed by atoms with E-state index in [4.69, 9.17) is 28.7 Å². The summed E-state index contributed by atoms with van der Waals surface area (Å²) < 4.78 is 0. The molecule has 1 rings (SSSR count). The number of hydrogen-bond donors (Lipinski definition) is 11. The van der Waals surface area contributed by atoms with E-state index >= 15 is 0 Å². The molecule has 0 aliphatic heterocycles. The van der Waals surface area contributed by atoms with Crippen LogP contribution in [-0.4, -0.2) is 94.8 Å². The number of aromatic hydroxyl groups is 1. The number of carbonyl (C=O) groups is 4. The van der Waals surface area contributed by atoms with Crippen molar-refractivity contribution in [1.82, 2.24) is 16.0 Å². The number of nitrogens with two attached hydrogens (primary N) is 5. The zero-order valence-electron chi connectivity index (χ0n) is 22.5. The molecule has 0 aliphatic carbocycles. The molecule has 0 spiro atoms. The predicted molar refractivity (Wildman–Crippen MR) is 150 cm³/mol. The summed E-state index contributed by atoms with van der Waals surface area (Å²) in [5.41, 5.74) is 27.3. The number of aliphatic imine (C=N–C) groups is 2. The molecule has 0 aromatic heterocycles. The second-order valence-electron chi connectivity index (χ2n) is 9.08. The summed E-state index contributed by atoms with van der Waals surface area (Å²) in [6.45, 7) is -0.377. The van der Waals surface area contributed by atoms with Gasteiger partial charge in [0.2, 0.25) is 17.7 Å². The summed E-state index contributed by atoms with van der Waals surface area (Å²) in [6, 6.07) is 0.746. The molecule has 41 heavy (non-hydrogen) atoms. The number of aliphatic hydroxyl groups is 1. The Morgan fingerprint density at radius 3 is 1.71 bits per heavy atom. The number of guanidine groups is 2. The lowest BCUT2D eigenvalue weighted by Crippen LogP contribution is -2.58. The second kappa shape index (κ2) is 17.9. The Kier molecular flexibility index (Phi) is 15.0. The third kappa shape index (κ3) is 13.8. The fourth-order valence-corrected chi connectivity index (χ4v) is 3.52. The van der Waals surface area contributed by atoms with Gasteiger partial charge >= 0.3 is 5.97 Å². The van der Waals surface area contributed by atoms with Crippen LogP contribution in [0.1, 0.15) is 31.2 Å². The van der Waals surface area contributed by atoms with E-state index in [0.29, 0.717) is 5.56 Å². The predicted octanol–water partition coefficient (Wildman–Crippen LogP) is -4.10. The summed E-state index contributed by atoms with van der Waals surface area (Å²) in [5, 5.41) is 35.8. The highest BCUT2D eigenvalue weighted by molar-refractivity contribution is 5.94. The zero-order valence-corrected chi connectivity index (χ0v) is 22.5. The highest BCUT2D eigenvalue weighted by Gasteiger charge is 2.30. The molecule has 0 saturated carbocycles. The molecule has 0 aliphatic rings. The van der Waals surface area contributed by atoms with Gasteiger partial charge in [0.05, 0.1) is 6.61 Å². The Balaban J connectivity index is 3.15. The van der Waals surface area contributed by atoms with Gasteiger partial charge in [-0.1, -0.05) is 12.1 Å². The molecule has 1 aromatic rings. The molecule has 0 heterocycles. The molecule has 0 radical (unpaired) electrons. The van der Waals surface area contributed by atoms with Gasteiger partial charge in [0.25, 0.3) is 0 Å². The van der Waals surface area contributed by atoms with Crippen LogP contribution < -0.4 is 44.6 Å². The van der Waals surface area contributed by atoms with Crippen LogP contribution in [0.4, 0.5) is 0 Å². The first-order chi connectivity index (χ1) is 19.3. The van der Waals surface area contributed by atoms with E-state index in [1.165, 1.54) is 24.3 Å². The number of carbonyl (C=O) groups excluding carboxylic acids is 3. The fourth-order valence-electron chi connectivity index (χ4n) is 3.52. The van der Waals surface area contributed by atoms with Crippen LogP contribution in [0.2, 0.25) is 0 Å². The number of benzene rings is 1. The molecule has 4 unspecified atom stereocenters. The number of amides is 3. The number of rotatable bonds is 18. The Bertz CT molecular complexity index is 1070. The van der Waals surface area contributed by atoms with Crippen molar-refractivity contribution >= 4 is 35.6 Å². The molecule has 3 amide bonds. The largest absolute Gasteiger partial charge is 0.508 e. The number of carboxylic acids is 1. The molecular weight excluding hydrogens is 540 g/mol. The average Bonchev–Trinajstić information content (AvgIpc) is 2.91. The molecule has 17 nitrogen and oxygen atoms in total. The number of hydrogen-bond acceptors (Lipinski definition) is 9. The van der Waals surface area contributed by atoms with Crippen LogP contribution in [0.3, 0.4) is 0 Å². The summed E-state index contributed by atoms with van der Waals surface area (Å²) >= 11 is 0. The highest BCUT2D eigenvalue weighted by Crippen LogP contribution is 2.12. The maximum atomic E-state index is 13.3. The number of phenolic OH excluding ortho intramolecular Hbond substituents is 1. The van der Waals surface area contributed by atoms with Gasteiger partial charge < -0.3 is 59.9 Å². The summed E-state index contributed by atoms with van der Waals surface area (Å²) in [7, 11) is 0. The Morgan fingerprint density at radius 1 is 0.756 bits per heavy atom. The molecule has 0 saturated heterocycles. The number of aliphatic hydroxyl groups excluding tert-OH is 1. The Labute approximate surface area is 236 Å². The van der Waals surface area contributed by atoms with Crippen molar-refractivity contribution in [3.05, 3.63) is 29.8 Å². The molecule has 4 atom stereocenters. The van der Waals surface area contributed by atoms with Gasteiger partial charge in [-0.25, -0.2) is 4.79 Å². The van der Waals surface area contributed by atoms with Crippen LogP contribution >= 0.6 is 0 Å². The van der Waals surface area contributed by atoms with E-state index in [-0.39, 0.29) is 62.9 Å². The first-order valence-electron chi connectivity index (χ1n) is 12.7. The number of aliphatic carboxylic acids is 1. The Morgan fingerprint density at radius 2 is 1.22 bits per heavy atom. The first-order valence-corrected chi connectivity index (χ1v) is 12.7. The van der Waals surface area contributed by atoms with Gasteiger partial charge in [-0.15, -0.1) is 0 Å². The van der Waals surface area contributed by atoms with Gasteiger partial charge in [0.1, 0.15) is 29.9 Å². The summed E-state index contributed by atoms with van der Waals surface area (Å²) in [4.78, 5) is 58.3. The van der Waals surface area contributed by atoms with Crippen molar-refractivity contribution in [3.63, 3.8) is 0 Å². The van der Waals surface area contributed by atoms with E-state index in [9.17, 15) is 34.5 Å². The molecule has 16 N–H and O–H groups in total. The van der Waals surface area contributed by atoms with Crippen LogP contribution in [0.15, 0.2) is 34.3 Å². The lowest BCUT2D eigenvalue weighted by Gasteiger charge is -2.25. The van der Waals surface area contributed by atoms with Crippen molar-refractivity contribution in [2.45, 2.75) is 56.3 Å². The maximum absolute atomic E-state index is 13.3. The lowest BCUT2D eigenvalue weighted by molar-refractivity contribution is -0.142. The van der Waals surface area contributed by atoms with Crippen LogP contribution in [0.25, 0.3) is 0 Å². The smallest absolute Gasteiger partial charge is 0.326 e. The third-order valence-corrected chi connectivity index (χ3v) is 5.68. The zero-order chi connectivity index (χ0) is 30.9. The van der Waals surface area contributed by atoms with Crippen molar-refractivity contribution in [2.75, 3.05) is 19.7 Å². The monoisotopic (exact) mass is 580 g/mol. The SMILES string of the molecule is NC(N)=NCCCC(NC(=O)C(Cc1ccc(O)cc1)NC(=O)C(CCCN=C(N)N)NC(=O)C(N)CO)C(=O)O. The Hall–Kier alpha value is -4.64. The van der Waals surface area contributed by atoms with Crippen molar-refractivity contribution in [3.8, 4) is 5.75 Å². The molecule has 228 valence electrons. The normalized spacial score (nSPS) is 13.5. The van der Waals surface area contributed by atoms with E-state index in [0.717, 1.165) is 0 Å². The summed E-state index contributed by atoms with van der Waals surface area (Å²) in [5.74, 6) is -4.02. The van der Waals surface area contributed by atoms with Crippen LogP contribution in [-0.2, 0) is 25.6 Å². The second-order valence-corrected chi connectivity index (χ2v) is 9.08. The van der Waals surface area contributed by atoms with Gasteiger partial charge in [0, 0.05) is 19.5 Å². The molecule has 0 fully saturated rings. The topological polar surface area (TPSA) is 320 Å². The lowest BCUT2D eigenvalue weighted by atomic mass is 10.0. The number of nitrogens with zero attached hydrogens (tertiary/aromatic N) is 2. The molecular formula is C24H40N10O7. The van der Waals surface area contributed by atoms with Gasteiger partial charge in [-0.05, 0) is 43.4 Å². The number of carboxylic acid groups (broad SMARTS) is 1. The molecule has 1 aromatic carbocycles. The van der Waals surface area contributed by atoms with E-state index in [2.05, 4.69) is 25.9 Å².